The summed E-state index contributed by atoms with van der Waals surface area (Å²) in [6, 6.07) is 3.87. The Labute approximate surface area is 169 Å². The van der Waals surface area contributed by atoms with Crippen LogP contribution in [0.15, 0.2) is 36.8 Å². The second kappa shape index (κ2) is 7.63. The van der Waals surface area contributed by atoms with Crippen LogP contribution in [0, 0.1) is 17.8 Å². The van der Waals surface area contributed by atoms with E-state index in [-0.39, 0.29) is 17.5 Å². The number of hydrogen-bond donors (Lipinski definition) is 2. The van der Waals surface area contributed by atoms with E-state index in [0.29, 0.717) is 28.0 Å². The van der Waals surface area contributed by atoms with E-state index in [1.54, 1.807) is 25.5 Å². The first kappa shape index (κ1) is 19.6. The molecular weight excluding hydrogens is 395 g/mol. The first-order valence-electron chi connectivity index (χ1n) is 9.18. The normalized spacial score (nSPS) is 13.5. The van der Waals surface area contributed by atoms with E-state index in [1.165, 1.54) is 6.07 Å². The number of nitrogens with zero attached hydrogens (tertiary/aromatic N) is 3. The van der Waals surface area contributed by atoms with Gasteiger partial charge in [0.1, 0.15) is 17.3 Å². The molecule has 152 valence electrons. The van der Waals surface area contributed by atoms with Crippen molar-refractivity contribution in [2.45, 2.75) is 19.0 Å². The van der Waals surface area contributed by atoms with Gasteiger partial charge in [-0.2, -0.15) is 13.2 Å². The van der Waals surface area contributed by atoms with Crippen LogP contribution in [0.2, 0.25) is 0 Å². The van der Waals surface area contributed by atoms with Crippen molar-refractivity contribution in [2.75, 3.05) is 17.7 Å². The molecule has 0 aliphatic heterocycles. The lowest BCUT2D eigenvalue weighted by atomic mass is 10.1. The molecule has 3 aromatic rings. The molecule has 1 aliphatic rings. The largest absolute Gasteiger partial charge is 0.417 e. The minimum atomic E-state index is -4.45. The van der Waals surface area contributed by atoms with Gasteiger partial charge in [-0.25, -0.2) is 15.0 Å². The maximum absolute atomic E-state index is 12.7. The maximum atomic E-state index is 12.7. The van der Waals surface area contributed by atoms with Gasteiger partial charge >= 0.3 is 6.18 Å². The molecule has 0 radical (unpaired) electrons. The van der Waals surface area contributed by atoms with Crippen LogP contribution < -0.4 is 10.6 Å². The SMILES string of the molecule is CNc1ncc(C#Cc2ccc(C(F)(F)F)cn2)c2cc(NC(=O)C3CC3)ncc12. The summed E-state index contributed by atoms with van der Waals surface area (Å²) in [7, 11) is 1.72. The fourth-order valence-electron chi connectivity index (χ4n) is 2.84. The number of rotatable bonds is 3. The van der Waals surface area contributed by atoms with Crippen LogP contribution in [0.5, 0.6) is 0 Å². The number of carbonyl (C=O) groups is 1. The van der Waals surface area contributed by atoms with Gasteiger partial charge in [0.25, 0.3) is 0 Å². The summed E-state index contributed by atoms with van der Waals surface area (Å²) in [6.07, 6.45) is 1.21. The van der Waals surface area contributed by atoms with Gasteiger partial charge in [0.2, 0.25) is 5.91 Å². The molecule has 0 unspecified atom stereocenters. The molecule has 6 nitrogen and oxygen atoms in total. The Balaban J connectivity index is 1.69. The van der Waals surface area contributed by atoms with Gasteiger partial charge in [0.15, 0.2) is 0 Å². The molecule has 4 rings (SSSR count). The van der Waals surface area contributed by atoms with E-state index in [1.807, 2.05) is 0 Å². The predicted octanol–water partition coefficient (Wildman–Crippen LogP) is 3.83. The third-order valence-electron chi connectivity index (χ3n) is 4.62. The van der Waals surface area contributed by atoms with Gasteiger partial charge in [0.05, 0.1) is 11.1 Å². The summed E-state index contributed by atoms with van der Waals surface area (Å²) in [6.45, 7) is 0. The van der Waals surface area contributed by atoms with E-state index in [0.717, 1.165) is 25.1 Å². The van der Waals surface area contributed by atoms with Crippen molar-refractivity contribution in [3.63, 3.8) is 0 Å². The number of carbonyl (C=O) groups excluding carboxylic acids is 1. The molecule has 0 spiro atoms. The summed E-state index contributed by atoms with van der Waals surface area (Å²) >= 11 is 0. The third-order valence-corrected chi connectivity index (χ3v) is 4.62. The number of amides is 1. The van der Waals surface area contributed by atoms with E-state index >= 15 is 0 Å². The molecule has 0 bridgehead atoms. The number of alkyl halides is 3. The van der Waals surface area contributed by atoms with E-state index in [9.17, 15) is 18.0 Å². The number of nitrogens with one attached hydrogen (secondary N) is 2. The van der Waals surface area contributed by atoms with E-state index in [4.69, 9.17) is 0 Å². The molecule has 1 amide bonds. The quantitative estimate of drug-likeness (QED) is 0.641. The van der Waals surface area contributed by atoms with Crippen molar-refractivity contribution in [3.8, 4) is 11.8 Å². The highest BCUT2D eigenvalue weighted by molar-refractivity contribution is 5.99. The number of hydrogen-bond acceptors (Lipinski definition) is 5. The van der Waals surface area contributed by atoms with Gasteiger partial charge in [-0.1, -0.05) is 5.92 Å². The molecule has 0 aromatic carbocycles. The van der Waals surface area contributed by atoms with Gasteiger partial charge in [0, 0.05) is 42.3 Å². The highest BCUT2D eigenvalue weighted by atomic mass is 19.4. The van der Waals surface area contributed by atoms with Gasteiger partial charge < -0.3 is 10.6 Å². The van der Waals surface area contributed by atoms with Crippen molar-refractivity contribution < 1.29 is 18.0 Å². The van der Waals surface area contributed by atoms with Crippen molar-refractivity contribution in [2.24, 2.45) is 5.92 Å². The molecule has 3 aromatic heterocycles. The summed E-state index contributed by atoms with van der Waals surface area (Å²) in [5.41, 5.74) is -0.0964. The lowest BCUT2D eigenvalue weighted by Crippen LogP contribution is -2.14. The number of halogens is 3. The van der Waals surface area contributed by atoms with Crippen LogP contribution in [-0.2, 0) is 11.0 Å². The topological polar surface area (TPSA) is 79.8 Å². The summed E-state index contributed by atoms with van der Waals surface area (Å²) in [5.74, 6) is 6.64. The predicted molar refractivity (Wildman–Crippen MR) is 106 cm³/mol. The Morgan fingerprint density at radius 2 is 1.87 bits per heavy atom. The van der Waals surface area contributed by atoms with Crippen LogP contribution in [0.4, 0.5) is 24.8 Å². The monoisotopic (exact) mass is 411 g/mol. The Bertz CT molecular complexity index is 1180. The fourth-order valence-corrected chi connectivity index (χ4v) is 2.84. The number of aromatic nitrogens is 3. The van der Waals surface area contributed by atoms with Gasteiger partial charge in [-0.05, 0) is 37.0 Å². The first-order chi connectivity index (χ1) is 14.3. The second-order valence-electron chi connectivity index (χ2n) is 6.83. The Morgan fingerprint density at radius 1 is 1.07 bits per heavy atom. The van der Waals surface area contributed by atoms with Gasteiger partial charge in [-0.15, -0.1) is 0 Å². The third kappa shape index (κ3) is 4.17. The number of anilines is 2. The minimum absolute atomic E-state index is 0.0396. The minimum Gasteiger partial charge on any atom is -0.373 e. The molecule has 1 fully saturated rings. The first-order valence-corrected chi connectivity index (χ1v) is 9.18. The van der Waals surface area contributed by atoms with E-state index < -0.39 is 11.7 Å². The molecule has 2 N–H and O–H groups in total. The zero-order valence-electron chi connectivity index (χ0n) is 15.8. The summed E-state index contributed by atoms with van der Waals surface area (Å²) in [5, 5.41) is 7.18. The average molecular weight is 411 g/mol. The molecule has 1 saturated carbocycles. The zero-order chi connectivity index (χ0) is 21.3. The lowest BCUT2D eigenvalue weighted by molar-refractivity contribution is -0.137. The lowest BCUT2D eigenvalue weighted by Gasteiger charge is -2.09. The molecule has 1 aliphatic carbocycles. The van der Waals surface area contributed by atoms with Crippen LogP contribution >= 0.6 is 0 Å². The molecule has 30 heavy (non-hydrogen) atoms. The summed E-state index contributed by atoms with van der Waals surface area (Å²) < 4.78 is 38.0. The average Bonchev–Trinajstić information content (AvgIpc) is 3.57. The standard InChI is InChI=1S/C21H16F3N5O/c1-25-19-17-11-27-18(29-20(30)12-2-3-12)8-16(17)13(9-28-19)4-6-15-7-5-14(10-26-15)21(22,23)24/h5,7-12H,2-3H2,1H3,(H,25,28)(H,27,29,30). The number of fused-ring (bicyclic) bond motifs is 1. The smallest absolute Gasteiger partial charge is 0.373 e. The van der Waals surface area contributed by atoms with Crippen molar-refractivity contribution in [3.05, 3.63) is 53.6 Å². The molecule has 3 heterocycles. The van der Waals surface area contributed by atoms with Crippen LogP contribution in [-0.4, -0.2) is 27.9 Å². The van der Waals surface area contributed by atoms with Crippen LogP contribution in [0.25, 0.3) is 10.8 Å². The van der Waals surface area contributed by atoms with Crippen LogP contribution in [0.3, 0.4) is 0 Å². The van der Waals surface area contributed by atoms with Crippen molar-refractivity contribution in [1.82, 2.24) is 15.0 Å². The Kier molecular flexibility index (Phi) is 4.99. The molecule has 9 heteroatoms. The fraction of sp³-hybridized carbons (Fsp3) is 0.238. The second-order valence-corrected chi connectivity index (χ2v) is 6.83. The Hall–Kier alpha value is -3.67. The zero-order valence-corrected chi connectivity index (χ0v) is 15.8. The molecule has 0 atom stereocenters. The van der Waals surface area contributed by atoms with Crippen molar-refractivity contribution >= 4 is 28.3 Å². The number of pyridine rings is 3. The maximum Gasteiger partial charge on any atom is 0.417 e. The highest BCUT2D eigenvalue weighted by Gasteiger charge is 2.31. The highest BCUT2D eigenvalue weighted by Crippen LogP contribution is 2.31. The Morgan fingerprint density at radius 3 is 2.50 bits per heavy atom. The molecular formula is C21H16F3N5O. The van der Waals surface area contributed by atoms with Crippen LogP contribution in [0.1, 0.15) is 29.7 Å². The van der Waals surface area contributed by atoms with Gasteiger partial charge in [-0.3, -0.25) is 4.79 Å². The summed E-state index contributed by atoms with van der Waals surface area (Å²) in [4.78, 5) is 24.4. The van der Waals surface area contributed by atoms with Crippen molar-refractivity contribution in [1.29, 1.82) is 0 Å². The molecule has 0 saturated heterocycles. The van der Waals surface area contributed by atoms with E-state index in [2.05, 4.69) is 37.4 Å².